The van der Waals surface area contributed by atoms with Crippen LogP contribution in [0.2, 0.25) is 10.0 Å². The highest BCUT2D eigenvalue weighted by molar-refractivity contribution is 6.38. The van der Waals surface area contributed by atoms with Crippen molar-refractivity contribution in [2.45, 2.75) is 6.04 Å². The van der Waals surface area contributed by atoms with Crippen LogP contribution >= 0.6 is 23.2 Å². The van der Waals surface area contributed by atoms with E-state index in [1.165, 1.54) is 12.3 Å². The van der Waals surface area contributed by atoms with Crippen molar-refractivity contribution < 1.29 is 9.59 Å². The van der Waals surface area contributed by atoms with Gasteiger partial charge in [-0.25, -0.2) is 4.90 Å². The van der Waals surface area contributed by atoms with Crippen LogP contribution in [0.4, 0.5) is 5.69 Å². The maximum Gasteiger partial charge on any atom is 0.259 e. The van der Waals surface area contributed by atoms with E-state index in [-0.39, 0.29) is 11.8 Å². The van der Waals surface area contributed by atoms with Gasteiger partial charge in [0.25, 0.3) is 5.91 Å². The van der Waals surface area contributed by atoms with Gasteiger partial charge in [-0.2, -0.15) is 5.10 Å². The zero-order valence-electron chi connectivity index (χ0n) is 8.93. The molecular formula is C11H7Cl2N3O2. The molecule has 18 heavy (non-hydrogen) atoms. The Kier molecular flexibility index (Phi) is 2.53. The number of imide groups is 1. The van der Waals surface area contributed by atoms with Gasteiger partial charge in [-0.1, -0.05) is 23.2 Å². The summed E-state index contributed by atoms with van der Waals surface area (Å²) in [7, 11) is 0. The van der Waals surface area contributed by atoms with E-state index in [2.05, 4.69) is 10.5 Å². The number of hydrazone groups is 1. The van der Waals surface area contributed by atoms with E-state index in [4.69, 9.17) is 23.2 Å². The molecule has 3 rings (SSSR count). The van der Waals surface area contributed by atoms with Crippen LogP contribution in [0.5, 0.6) is 0 Å². The molecule has 2 atom stereocenters. The van der Waals surface area contributed by atoms with Gasteiger partial charge in [-0.05, 0) is 18.2 Å². The summed E-state index contributed by atoms with van der Waals surface area (Å²) in [5, 5.41) is 4.45. The minimum Gasteiger partial charge on any atom is -0.297 e. The molecule has 0 radical (unpaired) electrons. The highest BCUT2D eigenvalue weighted by atomic mass is 35.5. The second kappa shape index (κ2) is 3.96. The molecule has 1 N–H and O–H groups in total. The largest absolute Gasteiger partial charge is 0.297 e. The molecule has 0 spiro atoms. The molecule has 2 aliphatic heterocycles. The van der Waals surface area contributed by atoms with E-state index in [1.807, 2.05) is 0 Å². The molecule has 0 bridgehead atoms. The lowest BCUT2D eigenvalue weighted by Gasteiger charge is -2.16. The van der Waals surface area contributed by atoms with Crippen molar-refractivity contribution >= 4 is 46.9 Å². The first-order valence-corrected chi connectivity index (χ1v) is 5.97. The van der Waals surface area contributed by atoms with Crippen LogP contribution in [0.3, 0.4) is 0 Å². The average molecular weight is 284 g/mol. The van der Waals surface area contributed by atoms with Gasteiger partial charge in [0.2, 0.25) is 5.91 Å². The number of amides is 2. The van der Waals surface area contributed by atoms with E-state index >= 15 is 0 Å². The number of carbonyl (C=O) groups is 2. The maximum absolute atomic E-state index is 12.1. The van der Waals surface area contributed by atoms with E-state index in [0.717, 1.165) is 4.90 Å². The molecule has 1 fully saturated rings. The summed E-state index contributed by atoms with van der Waals surface area (Å²) in [6.45, 7) is 0. The van der Waals surface area contributed by atoms with Crippen LogP contribution in [-0.4, -0.2) is 24.1 Å². The highest BCUT2D eigenvalue weighted by Gasteiger charge is 2.50. The van der Waals surface area contributed by atoms with Crippen LogP contribution < -0.4 is 10.3 Å². The highest BCUT2D eigenvalue weighted by Crippen LogP contribution is 2.34. The van der Waals surface area contributed by atoms with Crippen LogP contribution in [0.25, 0.3) is 0 Å². The van der Waals surface area contributed by atoms with Gasteiger partial charge in [0, 0.05) is 11.2 Å². The van der Waals surface area contributed by atoms with Crippen molar-refractivity contribution in [3.05, 3.63) is 28.2 Å². The number of hydrogen-bond donors (Lipinski definition) is 1. The molecule has 1 saturated heterocycles. The Hall–Kier alpha value is -1.59. The topological polar surface area (TPSA) is 61.8 Å². The second-order valence-electron chi connectivity index (χ2n) is 4.02. The minimum absolute atomic E-state index is 0.304. The predicted octanol–water partition coefficient (Wildman–Crippen LogP) is 1.44. The molecule has 92 valence electrons. The summed E-state index contributed by atoms with van der Waals surface area (Å²) >= 11 is 11.9. The molecule has 1 aromatic rings. The van der Waals surface area contributed by atoms with Gasteiger partial charge in [0.15, 0.2) is 0 Å². The van der Waals surface area contributed by atoms with E-state index in [1.54, 1.807) is 12.1 Å². The molecule has 2 heterocycles. The van der Waals surface area contributed by atoms with Crippen LogP contribution in [0, 0.1) is 5.92 Å². The number of nitrogens with zero attached hydrogens (tertiary/aromatic N) is 2. The lowest BCUT2D eigenvalue weighted by Crippen LogP contribution is -2.36. The molecular weight excluding hydrogens is 277 g/mol. The number of anilines is 1. The third-order valence-corrected chi connectivity index (χ3v) is 3.50. The fraction of sp³-hybridized carbons (Fsp3) is 0.182. The van der Waals surface area contributed by atoms with Gasteiger partial charge in [-0.15, -0.1) is 0 Å². The zero-order chi connectivity index (χ0) is 12.9. The number of nitrogens with one attached hydrogen (secondary N) is 1. The van der Waals surface area contributed by atoms with Crippen molar-refractivity contribution in [3.8, 4) is 0 Å². The number of carbonyl (C=O) groups excluding carboxylic acids is 2. The Bertz CT molecular complexity index is 588. The van der Waals surface area contributed by atoms with Crippen molar-refractivity contribution in [1.29, 1.82) is 0 Å². The van der Waals surface area contributed by atoms with Crippen molar-refractivity contribution in [2.24, 2.45) is 11.0 Å². The summed E-state index contributed by atoms with van der Waals surface area (Å²) in [5.74, 6) is -1.28. The Balaban J connectivity index is 2.07. The fourth-order valence-electron chi connectivity index (χ4n) is 2.08. The second-order valence-corrected chi connectivity index (χ2v) is 4.86. The zero-order valence-corrected chi connectivity index (χ0v) is 10.4. The number of halogens is 2. The van der Waals surface area contributed by atoms with Crippen LogP contribution in [-0.2, 0) is 9.59 Å². The Morgan fingerprint density at radius 1 is 1.22 bits per heavy atom. The SMILES string of the molecule is O=C1[C@@H]2C=NN[C@H]2C(=O)N1c1cc(Cl)ccc1Cl. The van der Waals surface area contributed by atoms with Gasteiger partial charge >= 0.3 is 0 Å². The third kappa shape index (κ3) is 1.51. The predicted molar refractivity (Wildman–Crippen MR) is 67.9 cm³/mol. The summed E-state index contributed by atoms with van der Waals surface area (Å²) in [4.78, 5) is 25.3. The molecule has 0 aliphatic carbocycles. The maximum atomic E-state index is 12.1. The number of fused-ring (bicyclic) bond motifs is 1. The molecule has 2 aliphatic rings. The van der Waals surface area contributed by atoms with Crippen molar-refractivity contribution in [3.63, 3.8) is 0 Å². The van der Waals surface area contributed by atoms with Crippen molar-refractivity contribution in [2.75, 3.05) is 4.90 Å². The van der Waals surface area contributed by atoms with Crippen LogP contribution in [0.15, 0.2) is 23.3 Å². The average Bonchev–Trinajstić information content (AvgIpc) is 2.89. The summed E-state index contributed by atoms with van der Waals surface area (Å²) in [6.07, 6.45) is 1.43. The summed E-state index contributed by atoms with van der Waals surface area (Å²) in [5.41, 5.74) is 2.92. The van der Waals surface area contributed by atoms with Crippen molar-refractivity contribution in [1.82, 2.24) is 5.43 Å². The smallest absolute Gasteiger partial charge is 0.259 e. The Labute approximate surface area is 112 Å². The number of rotatable bonds is 1. The van der Waals surface area contributed by atoms with E-state index in [0.29, 0.717) is 15.7 Å². The number of hydrogen-bond acceptors (Lipinski definition) is 4. The lowest BCUT2D eigenvalue weighted by atomic mass is 10.1. The van der Waals surface area contributed by atoms with Gasteiger partial charge < -0.3 is 0 Å². The summed E-state index contributed by atoms with van der Waals surface area (Å²) in [6, 6.07) is 4.01. The standard InChI is InChI=1S/C11H7Cl2N3O2/c12-5-1-2-7(13)8(3-5)16-10(17)6-4-14-15-9(6)11(16)18/h1-4,6,9,15H/t6-,9-/m1/s1. The molecule has 1 aromatic carbocycles. The lowest BCUT2D eigenvalue weighted by molar-refractivity contribution is -0.122. The van der Waals surface area contributed by atoms with Gasteiger partial charge in [0.05, 0.1) is 10.7 Å². The Morgan fingerprint density at radius 2 is 2.00 bits per heavy atom. The quantitative estimate of drug-likeness (QED) is 0.794. The molecule has 5 nitrogen and oxygen atoms in total. The minimum atomic E-state index is -0.632. The first-order chi connectivity index (χ1) is 8.59. The fourth-order valence-corrected chi connectivity index (χ4v) is 2.44. The monoisotopic (exact) mass is 283 g/mol. The molecule has 7 heteroatoms. The molecule has 0 aromatic heterocycles. The summed E-state index contributed by atoms with van der Waals surface area (Å²) < 4.78 is 0. The first kappa shape index (κ1) is 11.5. The van der Waals surface area contributed by atoms with E-state index < -0.39 is 12.0 Å². The molecule has 2 amide bonds. The van der Waals surface area contributed by atoms with Gasteiger partial charge in [0.1, 0.15) is 12.0 Å². The molecule has 0 unspecified atom stereocenters. The number of benzene rings is 1. The first-order valence-electron chi connectivity index (χ1n) is 5.21. The Morgan fingerprint density at radius 3 is 2.72 bits per heavy atom. The van der Waals surface area contributed by atoms with Crippen LogP contribution in [0.1, 0.15) is 0 Å². The van der Waals surface area contributed by atoms with E-state index in [9.17, 15) is 9.59 Å². The normalized spacial score (nSPS) is 25.6. The van der Waals surface area contributed by atoms with Gasteiger partial charge in [-0.3, -0.25) is 15.0 Å². The molecule has 0 saturated carbocycles. The third-order valence-electron chi connectivity index (χ3n) is 2.95.